The highest BCUT2D eigenvalue weighted by Crippen LogP contribution is 2.17. The number of ether oxygens (including phenoxy) is 2. The van der Waals surface area contributed by atoms with Gasteiger partial charge in [0.2, 0.25) is 0 Å². The van der Waals surface area contributed by atoms with Gasteiger partial charge in [-0.05, 0) is 77.0 Å². The van der Waals surface area contributed by atoms with Crippen LogP contribution < -0.4 is 0 Å². The number of hydrogen-bond donors (Lipinski definition) is 1. The molecule has 0 amide bonds. The summed E-state index contributed by atoms with van der Waals surface area (Å²) in [5.41, 5.74) is 0. The van der Waals surface area contributed by atoms with Crippen molar-refractivity contribution < 1.29 is 24.2 Å². The van der Waals surface area contributed by atoms with Crippen LogP contribution in [0.3, 0.4) is 0 Å². The third kappa shape index (κ3) is 54.2. The lowest BCUT2D eigenvalue weighted by atomic mass is 10.0. The van der Waals surface area contributed by atoms with Crippen LogP contribution in [0.1, 0.15) is 296 Å². The van der Waals surface area contributed by atoms with Crippen LogP contribution in [0.5, 0.6) is 0 Å². The Morgan fingerprint density at radius 3 is 1.00 bits per heavy atom. The van der Waals surface area contributed by atoms with E-state index in [1.807, 2.05) is 0 Å². The van der Waals surface area contributed by atoms with E-state index in [4.69, 9.17) is 9.47 Å². The molecule has 0 bridgehead atoms. The molecule has 384 valence electrons. The summed E-state index contributed by atoms with van der Waals surface area (Å²) in [6.45, 7) is 4.06. The Hall–Kier alpha value is -2.40. The molecule has 1 unspecified atom stereocenters. The van der Waals surface area contributed by atoms with Crippen molar-refractivity contribution in [3.05, 3.63) is 60.8 Å². The Kier molecular flexibility index (Phi) is 54.9. The third-order valence-electron chi connectivity index (χ3n) is 12.8. The van der Waals surface area contributed by atoms with Crippen LogP contribution in [-0.2, 0) is 19.1 Å². The molecule has 0 aliphatic heterocycles. The van der Waals surface area contributed by atoms with E-state index in [0.717, 1.165) is 64.2 Å². The van der Waals surface area contributed by atoms with Gasteiger partial charge in [-0.2, -0.15) is 0 Å². The summed E-state index contributed by atoms with van der Waals surface area (Å²) in [4.78, 5) is 24.5. The molecule has 0 fully saturated rings. The average Bonchev–Trinajstić information content (AvgIpc) is 3.32. The first-order valence-corrected chi connectivity index (χ1v) is 28.8. The van der Waals surface area contributed by atoms with Gasteiger partial charge in [-0.3, -0.25) is 9.59 Å². The Balaban J connectivity index is 3.46. The average molecular weight is 924 g/mol. The molecule has 0 saturated carbocycles. The van der Waals surface area contributed by atoms with Crippen LogP contribution in [-0.4, -0.2) is 36.4 Å². The van der Waals surface area contributed by atoms with Crippen molar-refractivity contribution in [1.82, 2.24) is 0 Å². The van der Waals surface area contributed by atoms with E-state index in [2.05, 4.69) is 74.6 Å². The van der Waals surface area contributed by atoms with Crippen LogP contribution in [0.25, 0.3) is 0 Å². The van der Waals surface area contributed by atoms with E-state index < -0.39 is 6.10 Å². The minimum atomic E-state index is -0.774. The van der Waals surface area contributed by atoms with Crippen LogP contribution in [0.2, 0.25) is 0 Å². The number of unbranched alkanes of at least 4 members (excludes halogenated alkanes) is 35. The normalized spacial score (nSPS) is 12.6. The second-order valence-electron chi connectivity index (χ2n) is 19.3. The Morgan fingerprint density at radius 2 is 0.652 bits per heavy atom. The summed E-state index contributed by atoms with van der Waals surface area (Å²) in [6.07, 6.45) is 76.3. The summed E-state index contributed by atoms with van der Waals surface area (Å²) in [5.74, 6) is -0.581. The Bertz CT molecular complexity index is 1130. The van der Waals surface area contributed by atoms with E-state index in [0.29, 0.717) is 12.8 Å². The number of carbonyl (C=O) groups is 2. The van der Waals surface area contributed by atoms with Crippen molar-refractivity contribution in [2.75, 3.05) is 13.2 Å². The zero-order valence-electron chi connectivity index (χ0n) is 44.0. The zero-order chi connectivity index (χ0) is 47.7. The van der Waals surface area contributed by atoms with Gasteiger partial charge in [0.25, 0.3) is 0 Å². The summed E-state index contributed by atoms with van der Waals surface area (Å²) in [5, 5.41) is 9.66. The molecule has 0 radical (unpaired) electrons. The van der Waals surface area contributed by atoms with Crippen LogP contribution in [0.4, 0.5) is 0 Å². The van der Waals surface area contributed by atoms with Crippen molar-refractivity contribution in [3.8, 4) is 0 Å². The van der Waals surface area contributed by atoms with Crippen molar-refractivity contribution in [2.24, 2.45) is 0 Å². The zero-order valence-corrected chi connectivity index (χ0v) is 44.0. The summed E-state index contributed by atoms with van der Waals surface area (Å²) in [6, 6.07) is 0. The summed E-state index contributed by atoms with van der Waals surface area (Å²) < 4.78 is 10.7. The molecule has 0 aromatic rings. The molecule has 1 N–H and O–H groups in total. The van der Waals surface area contributed by atoms with E-state index in [1.54, 1.807) is 0 Å². The lowest BCUT2D eigenvalue weighted by molar-refractivity contribution is -0.161. The maximum atomic E-state index is 12.3. The largest absolute Gasteiger partial charge is 0.462 e. The van der Waals surface area contributed by atoms with Crippen molar-refractivity contribution in [1.29, 1.82) is 0 Å². The third-order valence-corrected chi connectivity index (χ3v) is 12.8. The van der Waals surface area contributed by atoms with E-state index >= 15 is 0 Å². The van der Waals surface area contributed by atoms with Crippen LogP contribution in [0, 0.1) is 0 Å². The predicted octanol–water partition coefficient (Wildman–Crippen LogP) is 19.4. The highest BCUT2D eigenvalue weighted by atomic mass is 16.6. The molecule has 0 aliphatic rings. The predicted molar refractivity (Wildman–Crippen MR) is 288 cm³/mol. The molecule has 0 spiro atoms. The van der Waals surface area contributed by atoms with Gasteiger partial charge in [0, 0.05) is 12.8 Å². The monoisotopic (exact) mass is 923 g/mol. The van der Waals surface area contributed by atoms with Gasteiger partial charge in [0.05, 0.1) is 6.61 Å². The number of rotatable bonds is 53. The van der Waals surface area contributed by atoms with Gasteiger partial charge in [-0.15, -0.1) is 0 Å². The number of aliphatic hydroxyl groups excluding tert-OH is 1. The number of carbonyl (C=O) groups excluding carboxylic acids is 2. The Labute approximate surface area is 411 Å². The van der Waals surface area contributed by atoms with Crippen molar-refractivity contribution in [3.63, 3.8) is 0 Å². The first-order valence-electron chi connectivity index (χ1n) is 28.8. The first kappa shape index (κ1) is 63.6. The van der Waals surface area contributed by atoms with E-state index in [1.165, 1.54) is 205 Å². The number of allylic oxidation sites excluding steroid dienone is 10. The standard InChI is InChI=1S/C61H110O5/c1-3-5-7-9-11-13-15-17-19-21-23-25-27-29-30-32-33-35-37-39-41-43-45-47-49-51-53-55-60(63)65-58-59(57-62)66-61(64)56-54-52-50-48-46-44-42-40-38-36-34-31-28-26-24-22-20-18-16-14-12-10-8-6-4-2/h6,8,12,14,18,20-21,23-24,26,59,62H,3-5,7,9-11,13,15-17,19,22,25,27-58H2,1-2H3/b8-6-,14-12-,20-18-,23-21-,26-24-. The molecule has 0 rings (SSSR count). The minimum absolute atomic E-state index is 0.0651. The van der Waals surface area contributed by atoms with Gasteiger partial charge < -0.3 is 14.6 Å². The molecule has 0 heterocycles. The molecule has 5 nitrogen and oxygen atoms in total. The first-order chi connectivity index (χ1) is 32.6. The fourth-order valence-corrected chi connectivity index (χ4v) is 8.49. The topological polar surface area (TPSA) is 72.8 Å². The maximum Gasteiger partial charge on any atom is 0.306 e. The maximum absolute atomic E-state index is 12.3. The van der Waals surface area contributed by atoms with Gasteiger partial charge in [0.1, 0.15) is 6.61 Å². The minimum Gasteiger partial charge on any atom is -0.462 e. The molecule has 1 atom stereocenters. The van der Waals surface area contributed by atoms with Gasteiger partial charge in [-0.25, -0.2) is 0 Å². The molecule has 0 aromatic heterocycles. The molecule has 0 aromatic carbocycles. The van der Waals surface area contributed by atoms with Crippen LogP contribution in [0.15, 0.2) is 60.8 Å². The molecule has 66 heavy (non-hydrogen) atoms. The number of esters is 2. The quantitative estimate of drug-likeness (QED) is 0.0374. The highest BCUT2D eigenvalue weighted by Gasteiger charge is 2.16. The van der Waals surface area contributed by atoms with E-state index in [-0.39, 0.29) is 25.2 Å². The van der Waals surface area contributed by atoms with Gasteiger partial charge in [0.15, 0.2) is 6.10 Å². The number of hydrogen-bond acceptors (Lipinski definition) is 5. The fraction of sp³-hybridized carbons (Fsp3) is 0.803. The van der Waals surface area contributed by atoms with Crippen molar-refractivity contribution in [2.45, 2.75) is 302 Å². The van der Waals surface area contributed by atoms with E-state index in [9.17, 15) is 14.7 Å². The molecule has 5 heteroatoms. The van der Waals surface area contributed by atoms with Gasteiger partial charge in [-0.1, -0.05) is 267 Å². The van der Waals surface area contributed by atoms with Crippen molar-refractivity contribution >= 4 is 11.9 Å². The summed E-state index contributed by atoms with van der Waals surface area (Å²) >= 11 is 0. The summed E-state index contributed by atoms with van der Waals surface area (Å²) in [7, 11) is 0. The molecular formula is C61H110O5. The molecule has 0 saturated heterocycles. The lowest BCUT2D eigenvalue weighted by Crippen LogP contribution is -2.28. The Morgan fingerprint density at radius 1 is 0.364 bits per heavy atom. The molecule has 0 aliphatic carbocycles. The van der Waals surface area contributed by atoms with Gasteiger partial charge >= 0.3 is 11.9 Å². The fourth-order valence-electron chi connectivity index (χ4n) is 8.49. The second kappa shape index (κ2) is 56.9. The van der Waals surface area contributed by atoms with Crippen LogP contribution >= 0.6 is 0 Å². The lowest BCUT2D eigenvalue weighted by Gasteiger charge is -2.15. The smallest absolute Gasteiger partial charge is 0.306 e. The second-order valence-corrected chi connectivity index (χ2v) is 19.3. The molecular weight excluding hydrogens is 813 g/mol. The number of aliphatic hydroxyl groups is 1. The highest BCUT2D eigenvalue weighted by molar-refractivity contribution is 5.70. The SMILES string of the molecule is CC/C=C\C/C=C\C/C=C\C/C=C\CCCCCCCCCCCCCCC(=O)OC(CO)COC(=O)CCCCCCCCCCCCCCCCC/C=C\CCCCCCCCCC.